The van der Waals surface area contributed by atoms with Crippen molar-refractivity contribution in [1.82, 2.24) is 0 Å². The van der Waals surface area contributed by atoms with E-state index in [4.69, 9.17) is 4.74 Å². The fraction of sp³-hybridized carbons (Fsp3) is 0.130. The number of ether oxygens (including phenoxy) is 1. The number of urea groups is 1. The molecule has 0 radical (unpaired) electrons. The van der Waals surface area contributed by atoms with Gasteiger partial charge in [0, 0.05) is 17.4 Å². The highest BCUT2D eigenvalue weighted by molar-refractivity contribution is 6.02. The summed E-state index contributed by atoms with van der Waals surface area (Å²) in [6.45, 7) is 2.19. The minimum absolute atomic E-state index is 0.0936. The van der Waals surface area contributed by atoms with E-state index in [1.165, 1.54) is 0 Å². The van der Waals surface area contributed by atoms with Crippen molar-refractivity contribution < 1.29 is 14.3 Å². The number of fused-ring (bicyclic) bond motifs is 1. The number of amides is 3. The van der Waals surface area contributed by atoms with Crippen LogP contribution in [0.3, 0.4) is 0 Å². The molecule has 0 aliphatic carbocycles. The summed E-state index contributed by atoms with van der Waals surface area (Å²) in [4.78, 5) is 26.6. The van der Waals surface area contributed by atoms with Gasteiger partial charge in [-0.15, -0.1) is 0 Å². The smallest absolute Gasteiger partial charge is 0.323 e. The zero-order valence-electron chi connectivity index (χ0n) is 16.0. The molecule has 1 unspecified atom stereocenters. The fourth-order valence-corrected chi connectivity index (χ4v) is 3.23. The van der Waals surface area contributed by atoms with Crippen LogP contribution in [0.1, 0.15) is 12.5 Å². The van der Waals surface area contributed by atoms with Gasteiger partial charge in [-0.3, -0.25) is 4.79 Å². The Balaban J connectivity index is 1.53. The van der Waals surface area contributed by atoms with Crippen molar-refractivity contribution in [3.05, 3.63) is 84.4 Å². The molecule has 1 aliphatic heterocycles. The molecule has 3 aromatic rings. The van der Waals surface area contributed by atoms with Gasteiger partial charge in [0.1, 0.15) is 5.75 Å². The van der Waals surface area contributed by atoms with Crippen molar-refractivity contribution in [3.63, 3.8) is 0 Å². The Labute approximate surface area is 169 Å². The van der Waals surface area contributed by atoms with Gasteiger partial charge >= 0.3 is 6.03 Å². The molecule has 0 saturated heterocycles. The molecule has 29 heavy (non-hydrogen) atoms. The van der Waals surface area contributed by atoms with E-state index in [1.807, 2.05) is 60.7 Å². The first-order valence-electron chi connectivity index (χ1n) is 9.39. The van der Waals surface area contributed by atoms with Crippen LogP contribution < -0.4 is 20.3 Å². The van der Waals surface area contributed by atoms with Crippen LogP contribution in [0.15, 0.2) is 78.9 Å². The lowest BCUT2D eigenvalue weighted by Crippen LogP contribution is -2.44. The lowest BCUT2D eigenvalue weighted by Gasteiger charge is -2.33. The molecule has 146 valence electrons. The van der Waals surface area contributed by atoms with Crippen molar-refractivity contribution in [2.24, 2.45) is 0 Å². The first-order valence-corrected chi connectivity index (χ1v) is 9.39. The highest BCUT2D eigenvalue weighted by Crippen LogP contribution is 2.37. The summed E-state index contributed by atoms with van der Waals surface area (Å²) in [5.41, 5.74) is 3.00. The number of hydrogen-bond acceptors (Lipinski definition) is 3. The average Bonchev–Trinajstić information content (AvgIpc) is 2.73. The van der Waals surface area contributed by atoms with Gasteiger partial charge in [-0.1, -0.05) is 48.5 Å². The molecule has 3 aromatic carbocycles. The van der Waals surface area contributed by atoms with Gasteiger partial charge in [0.15, 0.2) is 6.10 Å². The SMILES string of the molecule is CC1Oc2cc(NC(=O)Nc3ccccc3)ccc2N(Cc2ccccc2)C1=O. The predicted octanol–water partition coefficient (Wildman–Crippen LogP) is 4.64. The van der Waals surface area contributed by atoms with Gasteiger partial charge in [0.25, 0.3) is 5.91 Å². The number of para-hydroxylation sites is 1. The fourth-order valence-electron chi connectivity index (χ4n) is 3.23. The van der Waals surface area contributed by atoms with E-state index in [1.54, 1.807) is 30.0 Å². The Morgan fingerprint density at radius 1 is 0.931 bits per heavy atom. The Morgan fingerprint density at radius 2 is 1.59 bits per heavy atom. The molecule has 2 N–H and O–H groups in total. The largest absolute Gasteiger partial charge is 0.479 e. The third kappa shape index (κ3) is 4.21. The molecule has 0 fully saturated rings. The van der Waals surface area contributed by atoms with Crippen LogP contribution in [0.5, 0.6) is 5.75 Å². The van der Waals surface area contributed by atoms with Crippen LogP contribution in [-0.4, -0.2) is 18.0 Å². The Bertz CT molecular complexity index is 1020. The highest BCUT2D eigenvalue weighted by Gasteiger charge is 2.31. The lowest BCUT2D eigenvalue weighted by molar-refractivity contribution is -0.125. The lowest BCUT2D eigenvalue weighted by atomic mass is 10.1. The van der Waals surface area contributed by atoms with E-state index in [2.05, 4.69) is 10.6 Å². The molecule has 6 heteroatoms. The summed E-state index contributed by atoms with van der Waals surface area (Å²) >= 11 is 0. The number of benzene rings is 3. The predicted molar refractivity (Wildman–Crippen MR) is 113 cm³/mol. The molecular formula is C23H21N3O3. The second-order valence-electron chi connectivity index (χ2n) is 6.80. The molecule has 1 aliphatic rings. The molecule has 1 atom stereocenters. The molecular weight excluding hydrogens is 366 g/mol. The van der Waals surface area contributed by atoms with Crippen molar-refractivity contribution in [2.45, 2.75) is 19.6 Å². The molecule has 0 saturated carbocycles. The Hall–Kier alpha value is -3.80. The van der Waals surface area contributed by atoms with Gasteiger partial charge in [-0.05, 0) is 36.8 Å². The molecule has 3 amide bonds. The van der Waals surface area contributed by atoms with Crippen LogP contribution >= 0.6 is 0 Å². The minimum Gasteiger partial charge on any atom is -0.479 e. The summed E-state index contributed by atoms with van der Waals surface area (Å²) < 4.78 is 5.79. The number of carbonyl (C=O) groups excluding carboxylic acids is 2. The number of nitrogens with zero attached hydrogens (tertiary/aromatic N) is 1. The van der Waals surface area contributed by atoms with Crippen LogP contribution in [0.2, 0.25) is 0 Å². The molecule has 6 nitrogen and oxygen atoms in total. The highest BCUT2D eigenvalue weighted by atomic mass is 16.5. The number of nitrogens with one attached hydrogen (secondary N) is 2. The number of carbonyl (C=O) groups is 2. The first kappa shape index (κ1) is 18.6. The molecule has 4 rings (SSSR count). The van der Waals surface area contributed by atoms with Gasteiger partial charge < -0.3 is 20.3 Å². The Morgan fingerprint density at radius 3 is 2.31 bits per heavy atom. The van der Waals surface area contributed by atoms with E-state index in [0.29, 0.717) is 29.4 Å². The van der Waals surface area contributed by atoms with E-state index in [9.17, 15) is 9.59 Å². The summed E-state index contributed by atoms with van der Waals surface area (Å²) in [6, 6.07) is 23.9. The maximum atomic E-state index is 12.7. The Kier molecular flexibility index (Phi) is 5.16. The first-order chi connectivity index (χ1) is 14.1. The van der Waals surface area contributed by atoms with Gasteiger partial charge in [-0.2, -0.15) is 0 Å². The molecule has 1 heterocycles. The zero-order valence-corrected chi connectivity index (χ0v) is 16.0. The van der Waals surface area contributed by atoms with Crippen LogP contribution in [0.4, 0.5) is 21.9 Å². The molecule has 0 spiro atoms. The normalized spacial score (nSPS) is 15.3. The van der Waals surface area contributed by atoms with E-state index in [-0.39, 0.29) is 11.9 Å². The van der Waals surface area contributed by atoms with Crippen LogP contribution in [-0.2, 0) is 11.3 Å². The maximum Gasteiger partial charge on any atom is 0.323 e. The maximum absolute atomic E-state index is 12.7. The van der Waals surface area contributed by atoms with Gasteiger partial charge in [0.2, 0.25) is 0 Å². The number of anilines is 3. The third-order valence-electron chi connectivity index (χ3n) is 4.64. The standard InChI is InChI=1S/C23H21N3O3/c1-16-22(27)26(15-17-8-4-2-5-9-17)20-13-12-19(14-21(20)29-16)25-23(28)24-18-10-6-3-7-11-18/h2-14,16H,15H2,1H3,(H2,24,25,28). The van der Waals surface area contributed by atoms with Crippen LogP contribution in [0.25, 0.3) is 0 Å². The third-order valence-corrected chi connectivity index (χ3v) is 4.64. The van der Waals surface area contributed by atoms with E-state index >= 15 is 0 Å². The van der Waals surface area contributed by atoms with Gasteiger partial charge in [0.05, 0.1) is 12.2 Å². The van der Waals surface area contributed by atoms with Crippen LogP contribution in [0, 0.1) is 0 Å². The monoisotopic (exact) mass is 387 g/mol. The topological polar surface area (TPSA) is 70.7 Å². The van der Waals surface area contributed by atoms with E-state index in [0.717, 1.165) is 5.56 Å². The molecule has 0 bridgehead atoms. The second kappa shape index (κ2) is 8.06. The van der Waals surface area contributed by atoms with Gasteiger partial charge in [-0.25, -0.2) is 4.79 Å². The average molecular weight is 387 g/mol. The quantitative estimate of drug-likeness (QED) is 0.685. The second-order valence-corrected chi connectivity index (χ2v) is 6.80. The van der Waals surface area contributed by atoms with Crippen molar-refractivity contribution in [3.8, 4) is 5.75 Å². The summed E-state index contributed by atoms with van der Waals surface area (Å²) in [5, 5.41) is 5.57. The summed E-state index contributed by atoms with van der Waals surface area (Å²) in [5.74, 6) is 0.467. The number of rotatable bonds is 4. The van der Waals surface area contributed by atoms with E-state index < -0.39 is 6.10 Å². The zero-order chi connectivity index (χ0) is 20.2. The summed E-state index contributed by atoms with van der Waals surface area (Å²) in [6.07, 6.45) is -0.598. The minimum atomic E-state index is -0.598. The number of hydrogen-bond donors (Lipinski definition) is 2. The summed E-state index contributed by atoms with van der Waals surface area (Å²) in [7, 11) is 0. The molecule has 0 aromatic heterocycles. The van der Waals surface area contributed by atoms with Crippen molar-refractivity contribution in [2.75, 3.05) is 15.5 Å². The van der Waals surface area contributed by atoms with Crippen molar-refractivity contribution >= 4 is 29.0 Å². The van der Waals surface area contributed by atoms with Crippen molar-refractivity contribution in [1.29, 1.82) is 0 Å².